The number of hydrogen-bond donors (Lipinski definition) is 1. The molecular weight excluding hydrogens is 324 g/mol. The number of para-hydroxylation sites is 1. The monoisotopic (exact) mass is 342 g/mol. The second-order valence-corrected chi connectivity index (χ2v) is 5.62. The maximum absolute atomic E-state index is 12.5. The molecule has 1 N–H and O–H groups in total. The first-order chi connectivity index (χ1) is 12.7. The van der Waals surface area contributed by atoms with Crippen LogP contribution in [0.2, 0.25) is 0 Å². The van der Waals surface area contributed by atoms with Gasteiger partial charge in [-0.3, -0.25) is 9.78 Å². The molecule has 1 amide bonds. The minimum absolute atomic E-state index is 0.291. The predicted molar refractivity (Wildman–Crippen MR) is 102 cm³/mol. The molecule has 0 unspecified atom stereocenters. The maximum atomic E-state index is 12.5. The molecule has 3 rings (SSSR count). The van der Waals surface area contributed by atoms with Gasteiger partial charge in [-0.2, -0.15) is 5.26 Å². The van der Waals surface area contributed by atoms with Crippen molar-refractivity contribution in [3.05, 3.63) is 84.2 Å². The van der Waals surface area contributed by atoms with Gasteiger partial charge in [-0.05, 0) is 55.5 Å². The lowest BCUT2D eigenvalue weighted by atomic mass is 10.2. The lowest BCUT2D eigenvalue weighted by Crippen LogP contribution is -2.18. The Morgan fingerprint density at radius 2 is 1.81 bits per heavy atom. The lowest BCUT2D eigenvalue weighted by molar-refractivity contribution is 0.102. The lowest BCUT2D eigenvalue weighted by Gasteiger charge is -2.23. The highest BCUT2D eigenvalue weighted by Crippen LogP contribution is 2.25. The van der Waals surface area contributed by atoms with Crippen LogP contribution in [-0.2, 0) is 0 Å². The molecule has 2 aromatic carbocycles. The van der Waals surface area contributed by atoms with Crippen molar-refractivity contribution in [3.63, 3.8) is 0 Å². The van der Waals surface area contributed by atoms with Crippen molar-refractivity contribution >= 4 is 23.0 Å². The van der Waals surface area contributed by atoms with Gasteiger partial charge in [-0.25, -0.2) is 0 Å². The molecule has 3 aromatic rings. The first-order valence-corrected chi connectivity index (χ1v) is 8.31. The summed E-state index contributed by atoms with van der Waals surface area (Å²) in [5, 5.41) is 11.6. The number of amides is 1. The molecule has 1 heterocycles. The number of hydrogen-bond acceptors (Lipinski definition) is 4. The van der Waals surface area contributed by atoms with Crippen molar-refractivity contribution in [3.8, 4) is 6.07 Å². The fraction of sp³-hybridized carbons (Fsp3) is 0.0952. The molecule has 128 valence electrons. The minimum Gasteiger partial charge on any atom is -0.342 e. The second kappa shape index (κ2) is 7.95. The first-order valence-electron chi connectivity index (χ1n) is 8.31. The summed E-state index contributed by atoms with van der Waals surface area (Å²) in [5.41, 5.74) is 3.46. The van der Waals surface area contributed by atoms with Crippen molar-refractivity contribution in [1.82, 2.24) is 4.98 Å². The Labute approximate surface area is 152 Å². The SMILES string of the molecule is CCN(c1ccccc1)c1ccnc(C(=O)Nc2ccc(C#N)cc2)c1. The summed E-state index contributed by atoms with van der Waals surface area (Å²) in [4.78, 5) is 18.8. The summed E-state index contributed by atoms with van der Waals surface area (Å²) < 4.78 is 0. The fourth-order valence-electron chi connectivity index (χ4n) is 2.66. The third kappa shape index (κ3) is 3.87. The Morgan fingerprint density at radius 3 is 2.46 bits per heavy atom. The average molecular weight is 342 g/mol. The zero-order valence-electron chi connectivity index (χ0n) is 14.4. The van der Waals surface area contributed by atoms with Crippen molar-refractivity contribution < 1.29 is 4.79 Å². The van der Waals surface area contributed by atoms with Crippen LogP contribution in [0.5, 0.6) is 0 Å². The van der Waals surface area contributed by atoms with Gasteiger partial charge in [0.1, 0.15) is 5.69 Å². The maximum Gasteiger partial charge on any atom is 0.274 e. The molecule has 5 nitrogen and oxygen atoms in total. The van der Waals surface area contributed by atoms with Gasteiger partial charge in [0.2, 0.25) is 0 Å². The van der Waals surface area contributed by atoms with Crippen LogP contribution in [0.25, 0.3) is 0 Å². The normalized spacial score (nSPS) is 10.0. The number of aromatic nitrogens is 1. The van der Waals surface area contributed by atoms with Gasteiger partial charge in [-0.1, -0.05) is 18.2 Å². The van der Waals surface area contributed by atoms with Crippen LogP contribution >= 0.6 is 0 Å². The highest BCUT2D eigenvalue weighted by Gasteiger charge is 2.12. The van der Waals surface area contributed by atoms with E-state index in [1.54, 1.807) is 36.5 Å². The van der Waals surface area contributed by atoms with Gasteiger partial charge in [0, 0.05) is 29.8 Å². The Balaban J connectivity index is 1.81. The molecule has 0 saturated carbocycles. The number of rotatable bonds is 5. The highest BCUT2D eigenvalue weighted by molar-refractivity contribution is 6.03. The molecular formula is C21H18N4O. The molecule has 0 atom stereocenters. The largest absolute Gasteiger partial charge is 0.342 e. The van der Waals surface area contributed by atoms with Gasteiger partial charge in [0.15, 0.2) is 0 Å². The molecule has 0 bridgehead atoms. The van der Waals surface area contributed by atoms with Gasteiger partial charge in [0.05, 0.1) is 11.6 Å². The van der Waals surface area contributed by atoms with Crippen molar-refractivity contribution in [2.24, 2.45) is 0 Å². The van der Waals surface area contributed by atoms with E-state index in [2.05, 4.69) is 28.2 Å². The van der Waals surface area contributed by atoms with Gasteiger partial charge in [0.25, 0.3) is 5.91 Å². The summed E-state index contributed by atoms with van der Waals surface area (Å²) in [5.74, 6) is -0.291. The van der Waals surface area contributed by atoms with E-state index in [9.17, 15) is 4.79 Å². The van der Waals surface area contributed by atoms with E-state index in [4.69, 9.17) is 5.26 Å². The van der Waals surface area contributed by atoms with E-state index in [0.717, 1.165) is 17.9 Å². The average Bonchev–Trinajstić information content (AvgIpc) is 2.70. The molecule has 0 radical (unpaired) electrons. The molecule has 0 aliphatic carbocycles. The van der Waals surface area contributed by atoms with Crippen LogP contribution in [0.3, 0.4) is 0 Å². The summed E-state index contributed by atoms with van der Waals surface area (Å²) in [7, 11) is 0. The number of anilines is 3. The smallest absolute Gasteiger partial charge is 0.274 e. The van der Waals surface area contributed by atoms with Gasteiger partial charge >= 0.3 is 0 Å². The zero-order valence-corrected chi connectivity index (χ0v) is 14.4. The van der Waals surface area contributed by atoms with Crippen LogP contribution < -0.4 is 10.2 Å². The number of pyridine rings is 1. The third-order valence-electron chi connectivity index (χ3n) is 3.94. The number of nitriles is 1. The Bertz CT molecular complexity index is 930. The van der Waals surface area contributed by atoms with E-state index >= 15 is 0 Å². The Hall–Kier alpha value is -3.65. The highest BCUT2D eigenvalue weighted by atomic mass is 16.1. The number of carbonyl (C=O) groups excluding carboxylic acids is 1. The van der Waals surface area contributed by atoms with E-state index < -0.39 is 0 Å². The van der Waals surface area contributed by atoms with Crippen molar-refractivity contribution in [1.29, 1.82) is 5.26 Å². The summed E-state index contributed by atoms with van der Waals surface area (Å²) in [6.45, 7) is 2.83. The molecule has 1 aromatic heterocycles. The van der Waals surface area contributed by atoms with Gasteiger partial charge in [-0.15, -0.1) is 0 Å². The van der Waals surface area contributed by atoms with Gasteiger partial charge < -0.3 is 10.2 Å². The fourth-order valence-corrected chi connectivity index (χ4v) is 2.66. The molecule has 0 saturated heterocycles. The van der Waals surface area contributed by atoms with Crippen LogP contribution in [0, 0.1) is 11.3 Å². The number of carbonyl (C=O) groups is 1. The summed E-state index contributed by atoms with van der Waals surface area (Å²) >= 11 is 0. The molecule has 5 heteroatoms. The summed E-state index contributed by atoms with van der Waals surface area (Å²) in [6, 6.07) is 22.4. The first kappa shape index (κ1) is 17.2. The topological polar surface area (TPSA) is 69.0 Å². The third-order valence-corrected chi connectivity index (χ3v) is 3.94. The Morgan fingerprint density at radius 1 is 1.08 bits per heavy atom. The number of nitrogens with zero attached hydrogens (tertiary/aromatic N) is 3. The van der Waals surface area contributed by atoms with Crippen LogP contribution in [0.4, 0.5) is 17.1 Å². The molecule has 26 heavy (non-hydrogen) atoms. The van der Waals surface area contributed by atoms with Crippen LogP contribution in [0.1, 0.15) is 23.0 Å². The molecule has 0 aliphatic rings. The van der Waals surface area contributed by atoms with Crippen molar-refractivity contribution in [2.75, 3.05) is 16.8 Å². The van der Waals surface area contributed by atoms with Crippen LogP contribution in [0.15, 0.2) is 72.9 Å². The standard InChI is InChI=1S/C21H18N4O/c1-2-25(18-6-4-3-5-7-18)19-12-13-23-20(14-19)21(26)24-17-10-8-16(15-22)9-11-17/h3-14H,2H2,1H3,(H,24,26). The summed E-state index contributed by atoms with van der Waals surface area (Å²) in [6.07, 6.45) is 1.63. The minimum atomic E-state index is -0.291. The van der Waals surface area contributed by atoms with E-state index in [0.29, 0.717) is 16.9 Å². The van der Waals surface area contributed by atoms with E-state index in [1.165, 1.54) is 0 Å². The van der Waals surface area contributed by atoms with E-state index in [-0.39, 0.29) is 5.91 Å². The predicted octanol–water partition coefficient (Wildman–Crippen LogP) is 4.36. The van der Waals surface area contributed by atoms with Crippen molar-refractivity contribution in [2.45, 2.75) is 6.92 Å². The Kier molecular flexibility index (Phi) is 5.25. The quantitative estimate of drug-likeness (QED) is 0.748. The van der Waals surface area contributed by atoms with Crippen LogP contribution in [-0.4, -0.2) is 17.4 Å². The molecule has 0 aliphatic heterocycles. The number of nitrogens with one attached hydrogen (secondary N) is 1. The number of benzene rings is 2. The second-order valence-electron chi connectivity index (χ2n) is 5.62. The molecule has 0 fully saturated rings. The zero-order chi connectivity index (χ0) is 18.4. The van der Waals surface area contributed by atoms with E-state index in [1.807, 2.05) is 36.4 Å². The molecule has 0 spiro atoms.